The number of amides is 1. The van der Waals surface area contributed by atoms with Crippen LogP contribution in [-0.2, 0) is 16.4 Å². The topological polar surface area (TPSA) is 83.6 Å². The van der Waals surface area contributed by atoms with Crippen molar-refractivity contribution in [3.8, 4) is 0 Å². The number of ketones is 1. The summed E-state index contributed by atoms with van der Waals surface area (Å²) in [7, 11) is -3.75. The van der Waals surface area contributed by atoms with E-state index in [1.54, 1.807) is 84.9 Å². The Morgan fingerprint density at radius 3 is 2.24 bits per heavy atom. The molecular formula is C29H23ClN2O4S. The van der Waals surface area contributed by atoms with Gasteiger partial charge in [-0.15, -0.1) is 0 Å². The van der Waals surface area contributed by atoms with Gasteiger partial charge in [0.2, 0.25) is 0 Å². The van der Waals surface area contributed by atoms with Gasteiger partial charge in [-0.1, -0.05) is 60.1 Å². The highest BCUT2D eigenvalue weighted by Crippen LogP contribution is 2.37. The molecule has 0 fully saturated rings. The van der Waals surface area contributed by atoms with Crippen molar-refractivity contribution in [2.24, 2.45) is 0 Å². The maximum absolute atomic E-state index is 13.3. The van der Waals surface area contributed by atoms with Crippen molar-refractivity contribution < 1.29 is 18.0 Å². The Balaban J connectivity index is 1.43. The summed E-state index contributed by atoms with van der Waals surface area (Å²) >= 11 is 6.16. The lowest BCUT2D eigenvalue weighted by Crippen LogP contribution is -2.35. The quantitative estimate of drug-likeness (QED) is 0.312. The van der Waals surface area contributed by atoms with Crippen molar-refractivity contribution in [3.63, 3.8) is 0 Å². The van der Waals surface area contributed by atoms with E-state index in [9.17, 15) is 18.0 Å². The summed E-state index contributed by atoms with van der Waals surface area (Å²) in [4.78, 5) is 26.5. The molecule has 0 aliphatic carbocycles. The lowest BCUT2D eigenvalue weighted by Gasteiger charge is -2.24. The van der Waals surface area contributed by atoms with Crippen molar-refractivity contribution in [2.45, 2.75) is 24.3 Å². The highest BCUT2D eigenvalue weighted by atomic mass is 35.5. The molecule has 0 bridgehead atoms. The van der Waals surface area contributed by atoms with E-state index in [1.165, 1.54) is 10.4 Å². The minimum Gasteiger partial charge on any atom is -0.321 e. The number of hydrogen-bond donors (Lipinski definition) is 1. The third kappa shape index (κ3) is 4.75. The molecule has 0 saturated carbocycles. The average Bonchev–Trinajstić information content (AvgIpc) is 3.25. The Morgan fingerprint density at radius 1 is 0.865 bits per heavy atom. The van der Waals surface area contributed by atoms with Crippen molar-refractivity contribution >= 4 is 44.7 Å². The second-order valence-electron chi connectivity index (χ2n) is 8.85. The summed E-state index contributed by atoms with van der Waals surface area (Å²) in [5.74, 6) is -0.674. The van der Waals surface area contributed by atoms with Gasteiger partial charge in [0.1, 0.15) is 0 Å². The molecule has 1 aliphatic heterocycles. The Morgan fingerprint density at radius 2 is 1.54 bits per heavy atom. The fourth-order valence-electron chi connectivity index (χ4n) is 4.57. The summed E-state index contributed by atoms with van der Waals surface area (Å²) in [6.07, 6.45) is 0.473. The SMILES string of the molecule is C[C@@H]1Cc2cc(C(=O)Nc3ccc(Cl)cc3C(=O)c3ccccc3)ccc2N1S(=O)(=O)c1ccccc1. The zero-order chi connectivity index (χ0) is 26.2. The van der Waals surface area contributed by atoms with Gasteiger partial charge in [0.05, 0.1) is 16.3 Å². The summed E-state index contributed by atoms with van der Waals surface area (Å²) in [5.41, 5.74) is 2.77. The van der Waals surface area contributed by atoms with E-state index in [2.05, 4.69) is 5.32 Å². The highest BCUT2D eigenvalue weighted by Gasteiger charge is 2.36. The van der Waals surface area contributed by atoms with Crippen molar-refractivity contribution in [3.05, 3.63) is 124 Å². The van der Waals surface area contributed by atoms with Gasteiger partial charge >= 0.3 is 0 Å². The normalized spacial score (nSPS) is 14.8. The van der Waals surface area contributed by atoms with E-state index in [1.807, 2.05) is 13.0 Å². The van der Waals surface area contributed by atoms with Gasteiger partial charge in [0.15, 0.2) is 5.78 Å². The van der Waals surface area contributed by atoms with Crippen molar-refractivity contribution in [2.75, 3.05) is 9.62 Å². The predicted octanol–water partition coefficient (Wildman–Crippen LogP) is 5.96. The van der Waals surface area contributed by atoms with Crippen LogP contribution >= 0.6 is 11.6 Å². The Bertz CT molecular complexity index is 1610. The van der Waals surface area contributed by atoms with E-state index in [-0.39, 0.29) is 22.3 Å². The molecule has 0 unspecified atom stereocenters. The van der Waals surface area contributed by atoms with Gasteiger partial charge in [0, 0.05) is 27.8 Å². The minimum atomic E-state index is -3.75. The van der Waals surface area contributed by atoms with Crippen LogP contribution in [0.15, 0.2) is 102 Å². The van der Waals surface area contributed by atoms with Gasteiger partial charge in [-0.05, 0) is 67.4 Å². The lowest BCUT2D eigenvalue weighted by atomic mass is 10.0. The Labute approximate surface area is 220 Å². The largest absolute Gasteiger partial charge is 0.321 e. The zero-order valence-corrected chi connectivity index (χ0v) is 21.5. The van der Waals surface area contributed by atoms with Crippen LogP contribution in [0, 0.1) is 0 Å². The molecule has 4 aromatic rings. The van der Waals surface area contributed by atoms with Crippen LogP contribution in [0.25, 0.3) is 0 Å². The van der Waals surface area contributed by atoms with Gasteiger partial charge in [-0.2, -0.15) is 0 Å². The highest BCUT2D eigenvalue weighted by molar-refractivity contribution is 7.92. The Hall–Kier alpha value is -3.94. The monoisotopic (exact) mass is 530 g/mol. The van der Waals surface area contributed by atoms with E-state index >= 15 is 0 Å². The molecule has 186 valence electrons. The molecule has 0 spiro atoms. The first kappa shape index (κ1) is 24.7. The minimum absolute atomic E-state index is 0.217. The van der Waals surface area contributed by atoms with Crippen LogP contribution in [0.1, 0.15) is 38.8 Å². The maximum atomic E-state index is 13.3. The second kappa shape index (κ2) is 9.84. The molecule has 1 atom stereocenters. The maximum Gasteiger partial charge on any atom is 0.264 e. The van der Waals surface area contributed by atoms with E-state index < -0.39 is 15.9 Å². The molecule has 0 aromatic heterocycles. The molecule has 0 saturated heterocycles. The number of carbonyl (C=O) groups is 2. The fourth-order valence-corrected chi connectivity index (χ4v) is 6.45. The summed E-state index contributed by atoms with van der Waals surface area (Å²) in [5, 5.41) is 3.20. The molecule has 8 heteroatoms. The molecule has 6 nitrogen and oxygen atoms in total. The number of carbonyl (C=O) groups excluding carboxylic acids is 2. The first-order valence-corrected chi connectivity index (χ1v) is 13.5. The van der Waals surface area contributed by atoms with Crippen molar-refractivity contribution in [1.82, 2.24) is 0 Å². The summed E-state index contributed by atoms with van der Waals surface area (Å²) in [6.45, 7) is 1.84. The first-order chi connectivity index (χ1) is 17.8. The number of anilines is 2. The predicted molar refractivity (Wildman–Crippen MR) is 145 cm³/mol. The number of hydrogen-bond acceptors (Lipinski definition) is 4. The van der Waals surface area contributed by atoms with E-state index in [4.69, 9.17) is 11.6 Å². The standard InChI is InChI=1S/C29H23ClN2O4S/c1-19-16-22-17-21(12-15-27(22)32(19)37(35,36)24-10-6-3-7-11-24)29(34)31-26-14-13-23(30)18-25(26)28(33)20-8-4-2-5-9-20/h2-15,17-19H,16H2,1H3,(H,31,34)/t19-/m1/s1. The van der Waals surface area contributed by atoms with Gasteiger partial charge in [-0.25, -0.2) is 8.42 Å². The van der Waals surface area contributed by atoms with Crippen LogP contribution in [0.2, 0.25) is 5.02 Å². The third-order valence-electron chi connectivity index (χ3n) is 6.31. The molecule has 0 radical (unpaired) electrons. The van der Waals surface area contributed by atoms with Gasteiger partial charge in [0.25, 0.3) is 15.9 Å². The van der Waals surface area contributed by atoms with Gasteiger partial charge < -0.3 is 5.32 Å². The molecule has 5 rings (SSSR count). The molecule has 37 heavy (non-hydrogen) atoms. The number of benzene rings is 4. The molecule has 1 N–H and O–H groups in total. The number of nitrogens with zero attached hydrogens (tertiary/aromatic N) is 1. The first-order valence-electron chi connectivity index (χ1n) is 11.7. The van der Waals surface area contributed by atoms with E-state index in [0.29, 0.717) is 33.9 Å². The molecule has 1 aliphatic rings. The van der Waals surface area contributed by atoms with Crippen molar-refractivity contribution in [1.29, 1.82) is 0 Å². The molecular weight excluding hydrogens is 508 g/mol. The zero-order valence-electron chi connectivity index (χ0n) is 19.9. The molecule has 1 amide bonds. The smallest absolute Gasteiger partial charge is 0.264 e. The number of sulfonamides is 1. The number of halogens is 1. The number of rotatable bonds is 6. The summed E-state index contributed by atoms with van der Waals surface area (Å²) < 4.78 is 28.0. The second-order valence-corrected chi connectivity index (χ2v) is 11.1. The average molecular weight is 531 g/mol. The van der Waals surface area contributed by atoms with Crippen LogP contribution < -0.4 is 9.62 Å². The number of fused-ring (bicyclic) bond motifs is 1. The van der Waals surface area contributed by atoms with E-state index in [0.717, 1.165) is 5.56 Å². The van der Waals surface area contributed by atoms with Crippen LogP contribution in [0.4, 0.5) is 11.4 Å². The van der Waals surface area contributed by atoms with Gasteiger partial charge in [-0.3, -0.25) is 13.9 Å². The summed E-state index contributed by atoms with van der Waals surface area (Å²) in [6, 6.07) is 26.4. The molecule has 1 heterocycles. The van der Waals surface area contributed by atoms with Crippen LogP contribution in [-0.4, -0.2) is 26.2 Å². The van der Waals surface area contributed by atoms with Crippen LogP contribution in [0.5, 0.6) is 0 Å². The lowest BCUT2D eigenvalue weighted by molar-refractivity contribution is 0.102. The fraction of sp³-hybridized carbons (Fsp3) is 0.103. The Kier molecular flexibility index (Phi) is 6.58. The number of nitrogens with one attached hydrogen (secondary N) is 1. The van der Waals surface area contributed by atoms with Crippen LogP contribution in [0.3, 0.4) is 0 Å². The third-order valence-corrected chi connectivity index (χ3v) is 8.48. The molecule has 4 aromatic carbocycles.